The molecule has 1 aliphatic rings. The van der Waals surface area contributed by atoms with Gasteiger partial charge in [-0.2, -0.15) is 18.3 Å². The van der Waals surface area contributed by atoms with Crippen molar-refractivity contribution in [3.05, 3.63) is 80.4 Å². The number of halogens is 6. The van der Waals surface area contributed by atoms with Crippen LogP contribution in [-0.2, 0) is 33.6 Å². The first-order chi connectivity index (χ1) is 22.0. The molecule has 9 nitrogen and oxygen atoms in total. The molecule has 0 saturated carbocycles. The van der Waals surface area contributed by atoms with Gasteiger partial charge in [-0.05, 0) is 76.8 Å². The summed E-state index contributed by atoms with van der Waals surface area (Å²) in [5.41, 5.74) is -0.295. The van der Waals surface area contributed by atoms with E-state index in [2.05, 4.69) is 20.3 Å². The van der Waals surface area contributed by atoms with Gasteiger partial charge in [-0.1, -0.05) is 17.7 Å². The van der Waals surface area contributed by atoms with Crippen LogP contribution < -0.4 is 10.1 Å². The highest BCUT2D eigenvalue weighted by molar-refractivity contribution is 6.31. The first-order valence-corrected chi connectivity index (χ1v) is 14.9. The summed E-state index contributed by atoms with van der Waals surface area (Å²) in [6, 6.07) is 5.78. The number of fused-ring (bicyclic) bond motifs is 2. The first kappa shape index (κ1) is 34.0. The van der Waals surface area contributed by atoms with E-state index in [0.717, 1.165) is 12.1 Å². The van der Waals surface area contributed by atoms with Crippen LogP contribution in [0.2, 0.25) is 5.02 Å². The summed E-state index contributed by atoms with van der Waals surface area (Å²) in [4.78, 5) is 34.2. The highest BCUT2D eigenvalue weighted by Crippen LogP contribution is 2.42. The van der Waals surface area contributed by atoms with Crippen LogP contribution in [0.3, 0.4) is 0 Å². The molecular formula is C32H30ClF5N4O5. The predicted octanol–water partition coefficient (Wildman–Crippen LogP) is 7.36. The van der Waals surface area contributed by atoms with Gasteiger partial charge < -0.3 is 14.8 Å². The van der Waals surface area contributed by atoms with Gasteiger partial charge in [0.15, 0.2) is 29.0 Å². The van der Waals surface area contributed by atoms with Gasteiger partial charge in [-0.15, -0.1) is 0 Å². The molecule has 4 aromatic rings. The number of hydrogen-bond donors (Lipinski definition) is 1. The highest BCUT2D eigenvalue weighted by Gasteiger charge is 2.37. The molecule has 250 valence electrons. The molecule has 0 spiro atoms. The number of benzene rings is 2. The molecule has 0 aliphatic carbocycles. The Bertz CT molecular complexity index is 1890. The number of aryl methyl sites for hydroxylation is 1. The molecule has 0 radical (unpaired) electrons. The van der Waals surface area contributed by atoms with Gasteiger partial charge in [0.25, 0.3) is 5.91 Å². The number of hydrogen-bond acceptors (Lipinski definition) is 7. The lowest BCUT2D eigenvalue weighted by Crippen LogP contribution is -2.29. The van der Waals surface area contributed by atoms with Crippen molar-refractivity contribution in [3.8, 4) is 17.0 Å². The first-order valence-electron chi connectivity index (χ1n) is 14.5. The molecule has 0 saturated heterocycles. The average molecular weight is 681 g/mol. The fourth-order valence-corrected chi connectivity index (χ4v) is 5.74. The molecule has 47 heavy (non-hydrogen) atoms. The Labute approximate surface area is 270 Å². The number of aromatic nitrogens is 3. The Morgan fingerprint density at radius 2 is 1.87 bits per heavy atom. The smallest absolute Gasteiger partial charge is 0.417 e. The maximum Gasteiger partial charge on any atom is 0.417 e. The van der Waals surface area contributed by atoms with Crippen molar-refractivity contribution < 1.29 is 46.1 Å². The largest absolute Gasteiger partial charge is 0.490 e. The Hall–Kier alpha value is -4.30. The summed E-state index contributed by atoms with van der Waals surface area (Å²) in [5, 5.41) is 6.45. The molecule has 0 fully saturated rings. The van der Waals surface area contributed by atoms with Crippen molar-refractivity contribution in [1.82, 2.24) is 19.9 Å². The molecule has 0 bridgehead atoms. The summed E-state index contributed by atoms with van der Waals surface area (Å²) < 4.78 is 81.8. The quantitative estimate of drug-likeness (QED) is 0.203. The fraction of sp³-hybridized carbons (Fsp3) is 0.375. The fourth-order valence-electron chi connectivity index (χ4n) is 5.51. The molecule has 1 aliphatic heterocycles. The van der Waals surface area contributed by atoms with E-state index in [4.69, 9.17) is 21.1 Å². The maximum atomic E-state index is 15.6. The van der Waals surface area contributed by atoms with E-state index in [1.165, 1.54) is 29.6 Å². The number of carbonyl (C=O) groups is 2. The second kappa shape index (κ2) is 12.7. The molecule has 1 N–H and O–H groups in total. The van der Waals surface area contributed by atoms with Gasteiger partial charge in [0, 0.05) is 39.5 Å². The van der Waals surface area contributed by atoms with E-state index < -0.39 is 46.2 Å². The van der Waals surface area contributed by atoms with Crippen LogP contribution in [0, 0.1) is 19.7 Å². The number of alkyl halides is 3. The van der Waals surface area contributed by atoms with Gasteiger partial charge in [-0.3, -0.25) is 9.74 Å². The third kappa shape index (κ3) is 6.89. The molecule has 2 aromatic carbocycles. The van der Waals surface area contributed by atoms with E-state index in [9.17, 15) is 27.3 Å². The minimum atomic E-state index is -4.69. The molecule has 0 unspecified atom stereocenters. The van der Waals surface area contributed by atoms with Crippen LogP contribution in [0.1, 0.15) is 77.3 Å². The van der Waals surface area contributed by atoms with Crippen molar-refractivity contribution in [1.29, 1.82) is 0 Å². The van der Waals surface area contributed by atoms with Gasteiger partial charge in [0.2, 0.25) is 0 Å². The highest BCUT2D eigenvalue weighted by atomic mass is 35.5. The molecule has 5 rings (SSSR count). The van der Waals surface area contributed by atoms with E-state index in [-0.39, 0.29) is 51.7 Å². The van der Waals surface area contributed by atoms with Crippen molar-refractivity contribution in [2.45, 2.75) is 71.9 Å². The standard InChI is InChI=1S/C32H30ClF5N4O5/c1-15-18-7-6-10-45-27(18)22(34)12-19(15)26-25(28(30(44)47-38)46-31(3,4)5)16(2)40-24-13-23(41-42(24)26)29(43)39-14-17-8-9-21(33)20(11-17)32(35,36)37/h8-9,11-13,28H,6-7,10,14H2,1-5H3,(H,39,43)/t28-/m0/s1. The van der Waals surface area contributed by atoms with Gasteiger partial charge in [0.1, 0.15) is 0 Å². The molecule has 15 heteroatoms. The summed E-state index contributed by atoms with van der Waals surface area (Å²) >= 11 is 5.71. The number of nitrogens with one attached hydrogen (secondary N) is 1. The second-order valence-corrected chi connectivity index (χ2v) is 12.5. The second-order valence-electron chi connectivity index (χ2n) is 12.1. The number of carbonyl (C=O) groups excluding carboxylic acids is 2. The Morgan fingerprint density at radius 3 is 2.53 bits per heavy atom. The number of amides is 1. The van der Waals surface area contributed by atoms with Gasteiger partial charge in [0.05, 0.1) is 28.5 Å². The third-order valence-electron chi connectivity index (χ3n) is 7.57. The monoisotopic (exact) mass is 680 g/mol. The van der Waals surface area contributed by atoms with Crippen molar-refractivity contribution in [2.75, 3.05) is 6.61 Å². The normalized spacial score (nSPS) is 14.0. The SMILES string of the molecule is Cc1nc2cc(C(=O)NCc3ccc(Cl)c(C(F)(F)F)c3)nn2c(-c2cc(F)c3c(c2C)CCCO3)c1[C@H](OC(C)(C)C)C(=O)OF. The van der Waals surface area contributed by atoms with Crippen LogP contribution >= 0.6 is 11.6 Å². The Morgan fingerprint density at radius 1 is 1.15 bits per heavy atom. The average Bonchev–Trinajstić information content (AvgIpc) is 3.43. The zero-order valence-corrected chi connectivity index (χ0v) is 26.7. The van der Waals surface area contributed by atoms with E-state index in [0.29, 0.717) is 30.6 Å². The minimum absolute atomic E-state index is 0.0187. The van der Waals surface area contributed by atoms with Gasteiger partial charge in [-0.25, -0.2) is 18.7 Å². The summed E-state index contributed by atoms with van der Waals surface area (Å²) in [7, 11) is 0. The molecular weight excluding hydrogens is 651 g/mol. The molecule has 3 heterocycles. The Balaban J connectivity index is 1.66. The van der Waals surface area contributed by atoms with Crippen LogP contribution in [0.5, 0.6) is 5.75 Å². The maximum absolute atomic E-state index is 15.6. The van der Waals surface area contributed by atoms with E-state index in [1.807, 2.05) is 0 Å². The number of nitrogens with zero attached hydrogens (tertiary/aromatic N) is 3. The van der Waals surface area contributed by atoms with Crippen molar-refractivity contribution >= 4 is 29.1 Å². The van der Waals surface area contributed by atoms with Crippen LogP contribution in [-0.4, -0.2) is 38.7 Å². The van der Waals surface area contributed by atoms with Crippen LogP contribution in [0.4, 0.5) is 22.1 Å². The minimum Gasteiger partial charge on any atom is -0.490 e. The lowest BCUT2D eigenvalue weighted by Gasteiger charge is -2.28. The van der Waals surface area contributed by atoms with Crippen molar-refractivity contribution in [2.24, 2.45) is 0 Å². The molecule has 1 atom stereocenters. The molecule has 2 aromatic heterocycles. The summed E-state index contributed by atoms with van der Waals surface area (Å²) in [6.45, 7) is 8.23. The zero-order chi connectivity index (χ0) is 34.4. The van der Waals surface area contributed by atoms with E-state index >= 15 is 4.39 Å². The predicted molar refractivity (Wildman–Crippen MR) is 160 cm³/mol. The lowest BCUT2D eigenvalue weighted by molar-refractivity contribution is -0.205. The lowest BCUT2D eigenvalue weighted by atomic mass is 9.91. The summed E-state index contributed by atoms with van der Waals surface area (Å²) in [5.74, 6) is -2.74. The van der Waals surface area contributed by atoms with E-state index in [1.54, 1.807) is 27.7 Å². The number of rotatable bonds is 7. The van der Waals surface area contributed by atoms with Crippen LogP contribution in [0.25, 0.3) is 16.9 Å². The van der Waals surface area contributed by atoms with Gasteiger partial charge >= 0.3 is 12.1 Å². The number of ether oxygens (including phenoxy) is 2. The summed E-state index contributed by atoms with van der Waals surface area (Å²) in [6.07, 6.45) is -5.26. The van der Waals surface area contributed by atoms with Crippen molar-refractivity contribution in [3.63, 3.8) is 0 Å². The molecule has 1 amide bonds. The Kier molecular flexibility index (Phi) is 9.21. The van der Waals surface area contributed by atoms with Crippen LogP contribution in [0.15, 0.2) is 30.3 Å². The topological polar surface area (TPSA) is 104 Å². The third-order valence-corrected chi connectivity index (χ3v) is 7.90. The zero-order valence-electron chi connectivity index (χ0n) is 25.9.